The summed E-state index contributed by atoms with van der Waals surface area (Å²) in [5, 5.41) is 9.79. The molecule has 2 aliphatic rings. The summed E-state index contributed by atoms with van der Waals surface area (Å²) in [5.41, 5.74) is -0.615. The summed E-state index contributed by atoms with van der Waals surface area (Å²) < 4.78 is 10.5. The lowest BCUT2D eigenvalue weighted by Crippen LogP contribution is -2.60. The molecule has 2 fully saturated rings. The summed E-state index contributed by atoms with van der Waals surface area (Å²) in [5.74, 6) is -0.228. The van der Waals surface area contributed by atoms with Gasteiger partial charge >= 0.3 is 12.1 Å². The number of likely N-dealkylation sites (tertiary alicyclic amines) is 1. The molecule has 0 aromatic rings. The Morgan fingerprint density at radius 2 is 1.77 bits per heavy atom. The van der Waals surface area contributed by atoms with E-state index in [4.69, 9.17) is 14.3 Å². The lowest BCUT2D eigenvalue weighted by atomic mass is 9.87. The first-order chi connectivity index (χ1) is 12.2. The van der Waals surface area contributed by atoms with Crippen LogP contribution in [0.5, 0.6) is 0 Å². The average molecular weight is 372 g/mol. The summed E-state index contributed by atoms with van der Waals surface area (Å²) in [6, 6.07) is -0.298. The Bertz CT molecular complexity index is 495. The molecule has 1 N–H and O–H groups in total. The molecule has 7 heteroatoms. The summed E-state index contributed by atoms with van der Waals surface area (Å²) in [6.07, 6.45) is 3.77. The highest BCUT2D eigenvalue weighted by Gasteiger charge is 2.55. The van der Waals surface area contributed by atoms with Gasteiger partial charge in [-0.3, -0.25) is 4.79 Å². The number of amides is 1. The maximum absolute atomic E-state index is 12.9. The van der Waals surface area contributed by atoms with Crippen LogP contribution < -0.4 is 0 Å². The molecule has 2 rings (SSSR count). The van der Waals surface area contributed by atoms with Crippen LogP contribution in [0.25, 0.3) is 0 Å². The Morgan fingerprint density at radius 1 is 1.12 bits per heavy atom. The van der Waals surface area contributed by atoms with Crippen LogP contribution >= 0.6 is 0 Å². The third-order valence-corrected chi connectivity index (χ3v) is 5.16. The number of nitrogens with zero attached hydrogens (tertiary/aromatic N) is 1. The second-order valence-electron chi connectivity index (χ2n) is 8.31. The zero-order valence-electron chi connectivity index (χ0n) is 16.5. The van der Waals surface area contributed by atoms with Gasteiger partial charge in [0.2, 0.25) is 0 Å². The molecule has 0 bridgehead atoms. The fourth-order valence-corrected chi connectivity index (χ4v) is 3.87. The zero-order valence-corrected chi connectivity index (χ0v) is 16.5. The van der Waals surface area contributed by atoms with Gasteiger partial charge in [0.25, 0.3) is 0 Å². The van der Waals surface area contributed by atoms with Crippen LogP contribution in [-0.4, -0.2) is 59.3 Å². The molecule has 1 aliphatic heterocycles. The largest absolute Gasteiger partial charge is 0.550 e. The van der Waals surface area contributed by atoms with Gasteiger partial charge in [-0.1, -0.05) is 4.65 Å². The molecule has 1 heterocycles. The van der Waals surface area contributed by atoms with E-state index < -0.39 is 11.7 Å². The standard InChI is InChI=1S/C19H34NO6/c1-5-24-17(22)14-8-10-16(11-9-14)26-20(12-6-7-15(20)13-21)18(23)25-19(2,3)4/h14-16,21H,5-13H2,1-4H3/q+1/t14?,15-,16?,20?/m0/s1. The lowest BCUT2D eigenvalue weighted by molar-refractivity contribution is -1.06. The first kappa shape index (κ1) is 21.1. The molecule has 1 aliphatic carbocycles. The minimum Gasteiger partial charge on any atom is -0.466 e. The quantitative estimate of drug-likeness (QED) is 0.590. The number of hydrogen-bond acceptors (Lipinski definition) is 6. The van der Waals surface area contributed by atoms with Gasteiger partial charge in [-0.2, -0.15) is 9.63 Å². The van der Waals surface area contributed by atoms with E-state index in [2.05, 4.69) is 0 Å². The second kappa shape index (κ2) is 8.67. The maximum atomic E-state index is 12.9. The van der Waals surface area contributed by atoms with Crippen LogP contribution in [0.4, 0.5) is 4.79 Å². The molecule has 0 spiro atoms. The molecule has 26 heavy (non-hydrogen) atoms. The van der Waals surface area contributed by atoms with Crippen LogP contribution in [0.2, 0.25) is 0 Å². The van der Waals surface area contributed by atoms with Crippen molar-refractivity contribution in [2.24, 2.45) is 5.92 Å². The molecule has 0 aromatic heterocycles. The van der Waals surface area contributed by atoms with Gasteiger partial charge in [-0.15, -0.1) is 0 Å². The third-order valence-electron chi connectivity index (χ3n) is 5.16. The Labute approximate surface area is 156 Å². The summed E-state index contributed by atoms with van der Waals surface area (Å²) in [6.45, 7) is 8.09. The predicted molar refractivity (Wildman–Crippen MR) is 94.9 cm³/mol. The van der Waals surface area contributed by atoms with Gasteiger partial charge in [0.1, 0.15) is 18.2 Å². The number of aliphatic hydroxyl groups excluding tert-OH is 1. The number of hydroxylamine groups is 3. The Morgan fingerprint density at radius 3 is 2.31 bits per heavy atom. The number of hydrogen-bond donors (Lipinski definition) is 1. The number of esters is 1. The lowest BCUT2D eigenvalue weighted by Gasteiger charge is -2.38. The van der Waals surface area contributed by atoms with Crippen LogP contribution in [0, 0.1) is 5.92 Å². The second-order valence-corrected chi connectivity index (χ2v) is 8.31. The number of aliphatic hydroxyl groups is 1. The van der Waals surface area contributed by atoms with E-state index in [9.17, 15) is 14.7 Å². The fraction of sp³-hybridized carbons (Fsp3) is 0.895. The normalized spacial score (nSPS) is 32.3. The Kier molecular flexibility index (Phi) is 7.05. The first-order valence-electron chi connectivity index (χ1n) is 9.79. The van der Waals surface area contributed by atoms with Gasteiger partial charge in [0.15, 0.2) is 6.04 Å². The summed E-state index contributed by atoms with van der Waals surface area (Å²) >= 11 is 0. The van der Waals surface area contributed by atoms with Crippen molar-refractivity contribution in [1.82, 2.24) is 0 Å². The van der Waals surface area contributed by atoms with Gasteiger partial charge in [-0.25, -0.2) is 0 Å². The van der Waals surface area contributed by atoms with E-state index in [1.54, 1.807) is 0 Å². The van der Waals surface area contributed by atoms with Crippen molar-refractivity contribution in [3.63, 3.8) is 0 Å². The van der Waals surface area contributed by atoms with E-state index in [0.29, 0.717) is 38.8 Å². The molecule has 0 radical (unpaired) electrons. The number of carbonyl (C=O) groups excluding carboxylic acids is 2. The first-order valence-corrected chi connectivity index (χ1v) is 9.79. The van der Waals surface area contributed by atoms with Gasteiger partial charge in [0.05, 0.1) is 19.1 Å². The molecule has 1 saturated heterocycles. The van der Waals surface area contributed by atoms with Crippen molar-refractivity contribution >= 4 is 12.1 Å². The summed E-state index contributed by atoms with van der Waals surface area (Å²) in [7, 11) is 0. The molecular weight excluding hydrogens is 338 g/mol. The number of rotatable bonds is 5. The van der Waals surface area contributed by atoms with E-state index >= 15 is 0 Å². The zero-order chi connectivity index (χ0) is 19.4. The molecule has 1 saturated carbocycles. The third kappa shape index (κ3) is 4.96. The van der Waals surface area contributed by atoms with Crippen molar-refractivity contribution in [3.8, 4) is 0 Å². The molecule has 7 nitrogen and oxygen atoms in total. The van der Waals surface area contributed by atoms with Crippen molar-refractivity contribution in [3.05, 3.63) is 0 Å². The highest BCUT2D eigenvalue weighted by Crippen LogP contribution is 2.36. The van der Waals surface area contributed by atoms with Crippen molar-refractivity contribution < 1.29 is 33.7 Å². The van der Waals surface area contributed by atoms with Gasteiger partial charge < -0.3 is 14.6 Å². The van der Waals surface area contributed by atoms with Gasteiger partial charge in [-0.05, 0) is 53.4 Å². The molecule has 0 aromatic carbocycles. The van der Waals surface area contributed by atoms with E-state index in [1.807, 2.05) is 27.7 Å². The Hall–Kier alpha value is -1.18. The minimum atomic E-state index is -0.615. The smallest absolute Gasteiger partial charge is 0.466 e. The topological polar surface area (TPSA) is 82.1 Å². The highest BCUT2D eigenvalue weighted by atomic mass is 16.8. The summed E-state index contributed by atoms with van der Waals surface area (Å²) in [4.78, 5) is 31.1. The number of carbonyl (C=O) groups is 2. The van der Waals surface area contributed by atoms with Crippen molar-refractivity contribution in [1.29, 1.82) is 0 Å². The molecular formula is C19H34NO6+. The van der Waals surface area contributed by atoms with Gasteiger partial charge in [0, 0.05) is 12.8 Å². The molecule has 1 amide bonds. The van der Waals surface area contributed by atoms with E-state index in [0.717, 1.165) is 12.8 Å². The monoisotopic (exact) mass is 372 g/mol. The van der Waals surface area contributed by atoms with Crippen LogP contribution in [0.15, 0.2) is 0 Å². The average Bonchev–Trinajstić information content (AvgIpc) is 2.98. The predicted octanol–water partition coefficient (Wildman–Crippen LogP) is 2.95. The Balaban J connectivity index is 2.05. The van der Waals surface area contributed by atoms with Crippen LogP contribution in [0.3, 0.4) is 0 Å². The van der Waals surface area contributed by atoms with Crippen LogP contribution in [-0.2, 0) is 19.1 Å². The SMILES string of the molecule is CCOC(=O)C1CCC(O[N+]2(C(=O)OC(C)(C)C)CCC[C@H]2CO)CC1. The van der Waals surface area contributed by atoms with Crippen molar-refractivity contribution in [2.75, 3.05) is 19.8 Å². The van der Waals surface area contributed by atoms with Crippen LogP contribution in [0.1, 0.15) is 66.2 Å². The molecule has 2 atom stereocenters. The number of quaternary nitrogens is 1. The van der Waals surface area contributed by atoms with E-state index in [1.165, 1.54) is 0 Å². The number of ether oxygens (including phenoxy) is 2. The van der Waals surface area contributed by atoms with Crippen molar-refractivity contribution in [2.45, 2.75) is 84.0 Å². The fourth-order valence-electron chi connectivity index (χ4n) is 3.87. The molecule has 1 unspecified atom stereocenters. The maximum Gasteiger partial charge on any atom is 0.550 e. The van der Waals surface area contributed by atoms with E-state index in [-0.39, 0.29) is 35.3 Å². The molecule has 150 valence electrons. The minimum absolute atomic E-state index is 0.0861. The highest BCUT2D eigenvalue weighted by molar-refractivity contribution is 5.72.